The van der Waals surface area contributed by atoms with Crippen LogP contribution >= 0.6 is 0 Å². The van der Waals surface area contributed by atoms with Gasteiger partial charge in [0.25, 0.3) is 10.0 Å². The van der Waals surface area contributed by atoms with Crippen molar-refractivity contribution in [2.24, 2.45) is 0 Å². The molecule has 0 N–H and O–H groups in total. The van der Waals surface area contributed by atoms with Crippen LogP contribution in [0.2, 0.25) is 0 Å². The third-order valence-corrected chi connectivity index (χ3v) is 5.15. The predicted molar refractivity (Wildman–Crippen MR) is 78.7 cm³/mol. The van der Waals surface area contributed by atoms with Gasteiger partial charge < -0.3 is 0 Å². The van der Waals surface area contributed by atoms with E-state index < -0.39 is 10.0 Å². The highest BCUT2D eigenvalue weighted by atomic mass is 32.2. The van der Waals surface area contributed by atoms with Crippen LogP contribution < -0.4 is 5.46 Å². The maximum absolute atomic E-state index is 12.6. The molecule has 1 aliphatic rings. The second kappa shape index (κ2) is 4.38. The molecule has 2 heterocycles. The zero-order valence-electron chi connectivity index (χ0n) is 10.6. The Bertz CT molecular complexity index is 803. The smallest absolute Gasteiger partial charge is 0.237 e. The van der Waals surface area contributed by atoms with E-state index in [0.717, 1.165) is 17.3 Å². The molecule has 0 unspecified atom stereocenters. The topological polar surface area (TPSA) is 52.0 Å². The van der Waals surface area contributed by atoms with Crippen molar-refractivity contribution < 1.29 is 8.42 Å². The lowest BCUT2D eigenvalue weighted by atomic mass is 9.95. The summed E-state index contributed by atoms with van der Waals surface area (Å²) in [5.74, 6) is 0. The molecule has 0 radical (unpaired) electrons. The fourth-order valence-corrected chi connectivity index (χ4v) is 3.74. The van der Waals surface area contributed by atoms with Crippen molar-refractivity contribution >= 4 is 34.4 Å². The van der Waals surface area contributed by atoms with E-state index in [-0.39, 0.29) is 0 Å². The minimum atomic E-state index is -3.50. The number of hydrogen-bond acceptors (Lipinski definition) is 3. The number of hydrogen-bond donors (Lipinski definition) is 0. The normalized spacial score (nSPS) is 15.7. The molecule has 0 saturated heterocycles. The summed E-state index contributed by atoms with van der Waals surface area (Å²) in [5, 5.41) is 0.873. The van der Waals surface area contributed by atoms with E-state index in [1.54, 1.807) is 30.6 Å². The molecule has 0 fully saturated rings. The predicted octanol–water partition coefficient (Wildman–Crippen LogP) is 0.706. The standard InChI is InChI=1S/C13H13BN2O2S/c14-12-6-8-15-13-11(12)7-9-16(13)19(17,18)10-4-2-1-3-5-10/h1-2,4,6-9H,3,5,14H2. The second-order valence-electron chi connectivity index (χ2n) is 4.58. The highest BCUT2D eigenvalue weighted by molar-refractivity contribution is 7.93. The van der Waals surface area contributed by atoms with Crippen LogP contribution in [0.4, 0.5) is 0 Å². The molecule has 0 aromatic carbocycles. The summed E-state index contributed by atoms with van der Waals surface area (Å²) >= 11 is 0. The largest absolute Gasteiger partial charge is 0.265 e. The Morgan fingerprint density at radius 3 is 2.89 bits per heavy atom. The number of pyridine rings is 1. The Balaban J connectivity index is 2.22. The van der Waals surface area contributed by atoms with E-state index in [1.807, 2.05) is 20.0 Å². The van der Waals surface area contributed by atoms with Crippen LogP contribution in [0.5, 0.6) is 0 Å². The van der Waals surface area contributed by atoms with Crippen molar-refractivity contribution in [1.82, 2.24) is 8.96 Å². The molecule has 0 aliphatic heterocycles. The zero-order valence-corrected chi connectivity index (χ0v) is 11.4. The Kier molecular flexibility index (Phi) is 2.82. The summed E-state index contributed by atoms with van der Waals surface area (Å²) in [6.45, 7) is 0. The van der Waals surface area contributed by atoms with Crippen LogP contribution in [0.25, 0.3) is 11.0 Å². The third kappa shape index (κ3) is 1.92. The summed E-state index contributed by atoms with van der Waals surface area (Å²) in [6.07, 6.45) is 9.95. The average Bonchev–Trinajstić information content (AvgIpc) is 2.86. The highest BCUT2D eigenvalue weighted by Crippen LogP contribution is 2.23. The first-order valence-electron chi connectivity index (χ1n) is 6.14. The average molecular weight is 272 g/mol. The minimum absolute atomic E-state index is 0.441. The molecule has 2 aromatic rings. The molecule has 4 nitrogen and oxygen atoms in total. The summed E-state index contributed by atoms with van der Waals surface area (Å²) < 4.78 is 26.5. The molecule has 3 rings (SSSR count). The molecular formula is C13H13BN2O2S. The van der Waals surface area contributed by atoms with Crippen LogP contribution in [-0.4, -0.2) is 25.2 Å². The summed E-state index contributed by atoms with van der Waals surface area (Å²) in [5.41, 5.74) is 1.52. The van der Waals surface area contributed by atoms with Gasteiger partial charge in [-0.05, 0) is 31.1 Å². The lowest BCUT2D eigenvalue weighted by Gasteiger charge is -2.12. The lowest BCUT2D eigenvalue weighted by molar-refractivity contribution is 0.593. The minimum Gasteiger partial charge on any atom is -0.237 e. The van der Waals surface area contributed by atoms with E-state index in [4.69, 9.17) is 0 Å². The number of aromatic nitrogens is 2. The Morgan fingerprint density at radius 1 is 1.32 bits per heavy atom. The van der Waals surface area contributed by atoms with E-state index in [1.165, 1.54) is 3.97 Å². The molecule has 0 atom stereocenters. The van der Waals surface area contributed by atoms with Gasteiger partial charge >= 0.3 is 0 Å². The van der Waals surface area contributed by atoms with Crippen LogP contribution in [0.3, 0.4) is 0 Å². The first-order chi connectivity index (χ1) is 9.10. The number of nitrogens with zero attached hydrogens (tertiary/aromatic N) is 2. The van der Waals surface area contributed by atoms with Gasteiger partial charge in [-0.15, -0.1) is 0 Å². The zero-order chi connectivity index (χ0) is 13.5. The van der Waals surface area contributed by atoms with E-state index in [0.29, 0.717) is 17.0 Å². The number of allylic oxidation sites excluding steroid dienone is 4. The van der Waals surface area contributed by atoms with Gasteiger partial charge in [0.05, 0.1) is 4.91 Å². The SMILES string of the molecule is Bc1ccnc2c1ccn2S(=O)(=O)C1=CC=CCC1. The van der Waals surface area contributed by atoms with Crippen LogP contribution in [-0.2, 0) is 10.0 Å². The van der Waals surface area contributed by atoms with Gasteiger partial charge in [0.15, 0.2) is 5.65 Å². The molecule has 96 valence electrons. The van der Waals surface area contributed by atoms with Crippen LogP contribution in [0, 0.1) is 0 Å². The second-order valence-corrected chi connectivity index (χ2v) is 6.45. The van der Waals surface area contributed by atoms with E-state index in [2.05, 4.69) is 4.98 Å². The molecule has 0 saturated carbocycles. The first-order valence-corrected chi connectivity index (χ1v) is 7.58. The van der Waals surface area contributed by atoms with Crippen molar-refractivity contribution in [2.75, 3.05) is 0 Å². The number of rotatable bonds is 2. The molecule has 0 bridgehead atoms. The van der Waals surface area contributed by atoms with Gasteiger partial charge in [-0.3, -0.25) is 0 Å². The van der Waals surface area contributed by atoms with E-state index >= 15 is 0 Å². The van der Waals surface area contributed by atoms with Gasteiger partial charge in [0.2, 0.25) is 0 Å². The van der Waals surface area contributed by atoms with Gasteiger partial charge in [-0.25, -0.2) is 17.4 Å². The van der Waals surface area contributed by atoms with Gasteiger partial charge in [0.1, 0.15) is 7.85 Å². The van der Waals surface area contributed by atoms with Crippen molar-refractivity contribution in [2.45, 2.75) is 12.8 Å². The van der Waals surface area contributed by atoms with E-state index in [9.17, 15) is 8.42 Å². The van der Waals surface area contributed by atoms with Crippen LogP contribution in [0.15, 0.2) is 47.7 Å². The fraction of sp³-hybridized carbons (Fsp3) is 0.154. The van der Waals surface area contributed by atoms with Crippen molar-refractivity contribution in [3.63, 3.8) is 0 Å². The monoisotopic (exact) mass is 272 g/mol. The number of fused-ring (bicyclic) bond motifs is 1. The van der Waals surface area contributed by atoms with Crippen LogP contribution in [0.1, 0.15) is 12.8 Å². The summed E-state index contributed by atoms with van der Waals surface area (Å²) in [6, 6.07) is 3.68. The maximum atomic E-state index is 12.6. The summed E-state index contributed by atoms with van der Waals surface area (Å²) in [4.78, 5) is 4.64. The third-order valence-electron chi connectivity index (χ3n) is 3.34. The lowest BCUT2D eigenvalue weighted by Crippen LogP contribution is -2.16. The molecule has 0 amide bonds. The fourth-order valence-electron chi connectivity index (χ4n) is 2.27. The Labute approximate surface area is 112 Å². The quantitative estimate of drug-likeness (QED) is 0.756. The molecule has 0 spiro atoms. The van der Waals surface area contributed by atoms with Crippen molar-refractivity contribution in [1.29, 1.82) is 0 Å². The Morgan fingerprint density at radius 2 is 2.16 bits per heavy atom. The Hall–Kier alpha value is -1.82. The maximum Gasteiger partial charge on any atom is 0.265 e. The molecule has 1 aliphatic carbocycles. The van der Waals surface area contributed by atoms with Gasteiger partial charge in [0, 0.05) is 17.8 Å². The molecule has 2 aromatic heterocycles. The summed E-state index contributed by atoms with van der Waals surface area (Å²) in [7, 11) is -1.55. The molecule has 19 heavy (non-hydrogen) atoms. The van der Waals surface area contributed by atoms with Gasteiger partial charge in [-0.1, -0.05) is 17.6 Å². The van der Waals surface area contributed by atoms with Crippen molar-refractivity contribution in [3.8, 4) is 0 Å². The molecule has 6 heteroatoms. The first kappa shape index (κ1) is 12.2. The van der Waals surface area contributed by atoms with Gasteiger partial charge in [-0.2, -0.15) is 0 Å². The highest BCUT2D eigenvalue weighted by Gasteiger charge is 2.22. The van der Waals surface area contributed by atoms with Crippen molar-refractivity contribution in [3.05, 3.63) is 47.7 Å². The molecular weight excluding hydrogens is 259 g/mol.